The van der Waals surface area contributed by atoms with Crippen LogP contribution in [0.3, 0.4) is 0 Å². The van der Waals surface area contributed by atoms with Crippen LogP contribution in [-0.4, -0.2) is 50.3 Å². The van der Waals surface area contributed by atoms with Crippen molar-refractivity contribution in [1.82, 2.24) is 4.31 Å². The molecule has 1 atom stereocenters. The predicted octanol–water partition coefficient (Wildman–Crippen LogP) is 3.26. The Balaban J connectivity index is 1.48. The largest absolute Gasteiger partial charge is 0.452 e. The van der Waals surface area contributed by atoms with E-state index in [1.54, 1.807) is 4.90 Å². The summed E-state index contributed by atoms with van der Waals surface area (Å²) >= 11 is 6.12. The Morgan fingerprint density at radius 2 is 1.84 bits per heavy atom. The lowest BCUT2D eigenvalue weighted by molar-refractivity contribution is -0.122. The summed E-state index contributed by atoms with van der Waals surface area (Å²) in [6.45, 7) is 2.36. The fourth-order valence-corrected chi connectivity index (χ4v) is 6.14. The van der Waals surface area contributed by atoms with Crippen molar-refractivity contribution in [3.8, 4) is 0 Å². The van der Waals surface area contributed by atoms with Crippen LogP contribution in [0.5, 0.6) is 0 Å². The van der Waals surface area contributed by atoms with Gasteiger partial charge in [-0.15, -0.1) is 0 Å². The van der Waals surface area contributed by atoms with Crippen LogP contribution in [-0.2, 0) is 26.0 Å². The van der Waals surface area contributed by atoms with Crippen molar-refractivity contribution in [2.24, 2.45) is 0 Å². The van der Waals surface area contributed by atoms with E-state index in [1.807, 2.05) is 31.2 Å². The van der Waals surface area contributed by atoms with Gasteiger partial charge in [-0.25, -0.2) is 13.2 Å². The Hall–Kier alpha value is -2.42. The van der Waals surface area contributed by atoms with Gasteiger partial charge in [0.2, 0.25) is 10.0 Å². The zero-order valence-electron chi connectivity index (χ0n) is 17.1. The molecule has 9 heteroatoms. The van der Waals surface area contributed by atoms with Crippen molar-refractivity contribution in [2.45, 2.75) is 37.1 Å². The standard InChI is InChI=1S/C22H23ClN2O5S/c1-15-12-16-6-2-3-7-19(16)25(15)21(26)14-30-22(27)17-8-9-18(23)20(13-17)31(28,29)24-10-4-5-11-24/h2-3,6-9,13,15H,4-5,10-12,14H2,1H3. The highest BCUT2D eigenvalue weighted by Crippen LogP contribution is 2.32. The molecule has 2 aliphatic heterocycles. The zero-order chi connectivity index (χ0) is 22.2. The molecule has 2 aliphatic rings. The molecule has 1 amide bonds. The van der Waals surface area contributed by atoms with Crippen LogP contribution in [0.4, 0.5) is 5.69 Å². The van der Waals surface area contributed by atoms with Gasteiger partial charge in [-0.1, -0.05) is 29.8 Å². The molecular weight excluding hydrogens is 440 g/mol. The van der Waals surface area contributed by atoms with Crippen molar-refractivity contribution in [2.75, 3.05) is 24.6 Å². The number of para-hydroxylation sites is 1. The molecule has 0 spiro atoms. The van der Waals surface area contributed by atoms with Gasteiger partial charge in [0.25, 0.3) is 5.91 Å². The second-order valence-corrected chi connectivity index (χ2v) is 10.1. The summed E-state index contributed by atoms with van der Waals surface area (Å²) in [4.78, 5) is 26.8. The predicted molar refractivity (Wildman–Crippen MR) is 117 cm³/mol. The number of carbonyl (C=O) groups is 2. The third-order valence-corrected chi connectivity index (χ3v) is 8.03. The maximum atomic E-state index is 12.9. The molecule has 0 aliphatic carbocycles. The number of esters is 1. The molecule has 1 fully saturated rings. The van der Waals surface area contributed by atoms with Crippen LogP contribution < -0.4 is 4.90 Å². The number of anilines is 1. The molecule has 0 bridgehead atoms. The molecule has 0 N–H and O–H groups in total. The summed E-state index contributed by atoms with van der Waals surface area (Å²) in [5.41, 5.74) is 1.93. The van der Waals surface area contributed by atoms with Gasteiger partial charge in [-0.05, 0) is 56.0 Å². The maximum absolute atomic E-state index is 12.9. The number of carbonyl (C=O) groups excluding carboxylic acids is 2. The Morgan fingerprint density at radius 3 is 2.58 bits per heavy atom. The number of hydrogen-bond acceptors (Lipinski definition) is 5. The number of rotatable bonds is 5. The van der Waals surface area contributed by atoms with E-state index in [9.17, 15) is 18.0 Å². The second kappa shape index (κ2) is 8.61. The molecule has 164 valence electrons. The van der Waals surface area contributed by atoms with Crippen LogP contribution in [0, 0.1) is 0 Å². The molecule has 1 saturated heterocycles. The number of amides is 1. The number of hydrogen-bond donors (Lipinski definition) is 0. The Labute approximate surface area is 186 Å². The summed E-state index contributed by atoms with van der Waals surface area (Å²) in [6.07, 6.45) is 2.32. The van der Waals surface area contributed by atoms with Gasteiger partial charge < -0.3 is 9.64 Å². The molecule has 2 aromatic carbocycles. The highest BCUT2D eigenvalue weighted by molar-refractivity contribution is 7.89. The van der Waals surface area contributed by atoms with Gasteiger partial charge in [-0.3, -0.25) is 4.79 Å². The molecule has 4 rings (SSSR count). The maximum Gasteiger partial charge on any atom is 0.338 e. The fraction of sp³-hybridized carbons (Fsp3) is 0.364. The van der Waals surface area contributed by atoms with Crippen LogP contribution in [0.15, 0.2) is 47.4 Å². The molecule has 0 aromatic heterocycles. The molecule has 2 heterocycles. The van der Waals surface area contributed by atoms with Gasteiger partial charge in [0.1, 0.15) is 4.90 Å². The van der Waals surface area contributed by atoms with Crippen molar-refractivity contribution in [3.05, 3.63) is 58.6 Å². The minimum atomic E-state index is -3.79. The SMILES string of the molecule is CC1Cc2ccccc2N1C(=O)COC(=O)c1ccc(Cl)c(S(=O)(=O)N2CCCC2)c1. The smallest absolute Gasteiger partial charge is 0.338 e. The summed E-state index contributed by atoms with van der Waals surface area (Å²) < 4.78 is 32.3. The molecule has 31 heavy (non-hydrogen) atoms. The third-order valence-electron chi connectivity index (χ3n) is 5.65. The highest BCUT2D eigenvalue weighted by atomic mass is 35.5. The van der Waals surface area contributed by atoms with Crippen molar-refractivity contribution in [1.29, 1.82) is 0 Å². The van der Waals surface area contributed by atoms with Crippen molar-refractivity contribution < 1.29 is 22.7 Å². The summed E-state index contributed by atoms with van der Waals surface area (Å²) in [5, 5.41) is 0.0435. The second-order valence-electron chi connectivity index (χ2n) is 7.78. The van der Waals surface area contributed by atoms with Crippen molar-refractivity contribution in [3.63, 3.8) is 0 Å². The first-order valence-corrected chi connectivity index (χ1v) is 12.0. The fourth-order valence-electron chi connectivity index (χ4n) is 4.12. The van der Waals surface area contributed by atoms with E-state index in [1.165, 1.54) is 22.5 Å². The number of halogens is 1. The number of benzene rings is 2. The molecule has 0 saturated carbocycles. The quantitative estimate of drug-likeness (QED) is 0.637. The average Bonchev–Trinajstić information content (AvgIpc) is 3.39. The Kier molecular flexibility index (Phi) is 6.05. The van der Waals surface area contributed by atoms with Crippen LogP contribution in [0.2, 0.25) is 5.02 Å². The van der Waals surface area contributed by atoms with Crippen molar-refractivity contribution >= 4 is 39.2 Å². The van der Waals surface area contributed by atoms with Gasteiger partial charge in [0.15, 0.2) is 6.61 Å². The normalized spacial score (nSPS) is 18.8. The lowest BCUT2D eigenvalue weighted by Gasteiger charge is -2.22. The van der Waals surface area contributed by atoms with Crippen LogP contribution >= 0.6 is 11.6 Å². The van der Waals surface area contributed by atoms with Gasteiger partial charge in [0.05, 0.1) is 10.6 Å². The first kappa shape index (κ1) is 21.8. The molecule has 2 aromatic rings. The molecule has 0 radical (unpaired) electrons. The average molecular weight is 463 g/mol. The number of ether oxygens (including phenoxy) is 1. The Bertz CT molecular complexity index is 1130. The van der Waals surface area contributed by atoms with E-state index < -0.39 is 22.6 Å². The number of sulfonamides is 1. The monoisotopic (exact) mass is 462 g/mol. The van der Waals surface area contributed by atoms with E-state index in [0.29, 0.717) is 13.1 Å². The lowest BCUT2D eigenvalue weighted by Crippen LogP contribution is -2.38. The van der Waals surface area contributed by atoms with Crippen LogP contribution in [0.25, 0.3) is 0 Å². The number of fused-ring (bicyclic) bond motifs is 1. The zero-order valence-corrected chi connectivity index (χ0v) is 18.7. The lowest BCUT2D eigenvalue weighted by atomic mass is 10.1. The van der Waals surface area contributed by atoms with E-state index in [-0.39, 0.29) is 27.4 Å². The molecule has 7 nitrogen and oxygen atoms in total. The van der Waals surface area contributed by atoms with E-state index in [2.05, 4.69) is 0 Å². The van der Waals surface area contributed by atoms with E-state index in [0.717, 1.165) is 30.5 Å². The van der Waals surface area contributed by atoms with E-state index in [4.69, 9.17) is 16.3 Å². The Morgan fingerprint density at radius 1 is 1.13 bits per heavy atom. The molecular formula is C22H23ClN2O5S. The first-order chi connectivity index (χ1) is 14.8. The molecule has 1 unspecified atom stereocenters. The first-order valence-electron chi connectivity index (χ1n) is 10.2. The minimum absolute atomic E-state index is 0.0312. The minimum Gasteiger partial charge on any atom is -0.452 e. The van der Waals surface area contributed by atoms with Crippen LogP contribution in [0.1, 0.15) is 35.7 Å². The van der Waals surface area contributed by atoms with Gasteiger partial charge in [-0.2, -0.15) is 4.31 Å². The third kappa shape index (κ3) is 4.20. The topological polar surface area (TPSA) is 84.0 Å². The summed E-state index contributed by atoms with van der Waals surface area (Å²) in [6, 6.07) is 11.6. The summed E-state index contributed by atoms with van der Waals surface area (Å²) in [7, 11) is -3.79. The highest BCUT2D eigenvalue weighted by Gasteiger charge is 2.32. The van der Waals surface area contributed by atoms with E-state index >= 15 is 0 Å². The number of nitrogens with zero attached hydrogens (tertiary/aromatic N) is 2. The van der Waals surface area contributed by atoms with Gasteiger partial charge >= 0.3 is 5.97 Å². The summed E-state index contributed by atoms with van der Waals surface area (Å²) in [5.74, 6) is -1.10. The van der Waals surface area contributed by atoms with Gasteiger partial charge in [0, 0.05) is 24.8 Å².